The van der Waals surface area contributed by atoms with E-state index in [9.17, 15) is 4.79 Å². The van der Waals surface area contributed by atoms with E-state index in [0.717, 1.165) is 20.0 Å². The molecule has 2 aromatic rings. The van der Waals surface area contributed by atoms with Gasteiger partial charge in [-0.25, -0.2) is 0 Å². The van der Waals surface area contributed by atoms with Crippen LogP contribution < -0.4 is 0 Å². The van der Waals surface area contributed by atoms with Crippen molar-refractivity contribution in [1.29, 1.82) is 5.26 Å². The normalized spacial score (nSPS) is 10.5. The number of nitrogens with zero attached hydrogens (tertiary/aromatic N) is 1. The molecule has 0 aliphatic carbocycles. The van der Waals surface area contributed by atoms with E-state index in [2.05, 4.69) is 6.07 Å². The molecular weight excluding hydrogens is 348 g/mol. The van der Waals surface area contributed by atoms with E-state index in [1.807, 2.05) is 20.8 Å². The van der Waals surface area contributed by atoms with Gasteiger partial charge in [-0.1, -0.05) is 0 Å². The molecule has 0 bridgehead atoms. The first-order valence-electron chi connectivity index (χ1n) is 5.19. The van der Waals surface area contributed by atoms with Crippen molar-refractivity contribution >= 4 is 43.5 Å². The van der Waals surface area contributed by atoms with Crippen LogP contribution in [-0.2, 0) is 4.74 Å². The summed E-state index contributed by atoms with van der Waals surface area (Å²) < 4.78 is 8.13. The van der Waals surface area contributed by atoms with Crippen LogP contribution in [0.15, 0.2) is 0 Å². The molecule has 0 saturated heterocycles. The molecule has 88 valence electrons. The van der Waals surface area contributed by atoms with Crippen molar-refractivity contribution in [3.05, 3.63) is 20.0 Å². The fourth-order valence-corrected chi connectivity index (χ4v) is 8.09. The predicted molar refractivity (Wildman–Crippen MR) is 68.0 cm³/mol. The van der Waals surface area contributed by atoms with Crippen LogP contribution in [0.5, 0.6) is 0 Å². The summed E-state index contributed by atoms with van der Waals surface area (Å²) in [5.41, 5.74) is 2.10. The molecule has 0 radical (unpaired) electrons. The Morgan fingerprint density at radius 2 is 2.06 bits per heavy atom. The van der Waals surface area contributed by atoms with Gasteiger partial charge in [-0.15, -0.1) is 0 Å². The van der Waals surface area contributed by atoms with E-state index in [4.69, 9.17) is 10.00 Å². The second-order valence-corrected chi connectivity index (χ2v) is 9.20. The number of carbonyl (C=O) groups excluding carboxylic acids is 1. The van der Waals surface area contributed by atoms with E-state index in [1.54, 1.807) is 0 Å². The van der Waals surface area contributed by atoms with E-state index >= 15 is 0 Å². The maximum atomic E-state index is 11.8. The number of esters is 1. The fraction of sp³-hybridized carbons (Fsp3) is 0.333. The first-order chi connectivity index (χ1) is 8.10. The SMILES string of the molecule is CCOC(=O)c1[se]c2[se]c(C#N)c(C)c2c1C. The Morgan fingerprint density at radius 3 is 2.59 bits per heavy atom. The zero-order valence-electron chi connectivity index (χ0n) is 9.79. The summed E-state index contributed by atoms with van der Waals surface area (Å²) in [4.78, 5) is 11.8. The second kappa shape index (κ2) is 4.84. The molecule has 2 rings (SSSR count). The quantitative estimate of drug-likeness (QED) is 0.605. The Bertz CT molecular complexity index is 631. The van der Waals surface area contributed by atoms with Gasteiger partial charge in [-0.3, -0.25) is 0 Å². The van der Waals surface area contributed by atoms with Crippen molar-refractivity contribution in [2.75, 3.05) is 6.61 Å². The number of hydrogen-bond acceptors (Lipinski definition) is 3. The van der Waals surface area contributed by atoms with Gasteiger partial charge in [0.05, 0.1) is 0 Å². The van der Waals surface area contributed by atoms with E-state index in [1.165, 1.54) is 8.52 Å². The number of carbonyl (C=O) groups is 1. The Hall–Kier alpha value is -0.781. The van der Waals surface area contributed by atoms with Crippen molar-refractivity contribution in [1.82, 2.24) is 0 Å². The number of aryl methyl sites for hydroxylation is 2. The molecule has 3 nitrogen and oxygen atoms in total. The van der Waals surface area contributed by atoms with Crippen LogP contribution in [-0.4, -0.2) is 41.6 Å². The Balaban J connectivity index is 2.60. The molecule has 0 N–H and O–H groups in total. The molecule has 0 spiro atoms. The standard InChI is InChI=1S/C12H11NO2Se2/c1-4-15-11(14)10-7(3)9-6(2)8(5-13)16-12(9)17-10/h4H2,1-3H3. The number of rotatable bonds is 2. The van der Waals surface area contributed by atoms with Crippen LogP contribution in [0.25, 0.3) is 8.52 Å². The van der Waals surface area contributed by atoms with Gasteiger partial charge in [0.15, 0.2) is 0 Å². The van der Waals surface area contributed by atoms with Gasteiger partial charge in [0.1, 0.15) is 0 Å². The summed E-state index contributed by atoms with van der Waals surface area (Å²) in [6, 6.07) is 2.27. The number of fused-ring (bicyclic) bond motifs is 1. The minimum atomic E-state index is -0.179. The van der Waals surface area contributed by atoms with Crippen LogP contribution in [0.1, 0.15) is 31.7 Å². The minimum absolute atomic E-state index is 0.0610. The van der Waals surface area contributed by atoms with Crippen LogP contribution >= 0.6 is 0 Å². The summed E-state index contributed by atoms with van der Waals surface area (Å²) in [5.74, 6) is -0.179. The molecule has 2 aromatic heterocycles. The first kappa shape index (κ1) is 12.7. The fourth-order valence-electron chi connectivity index (χ4n) is 1.77. The van der Waals surface area contributed by atoms with Crippen molar-refractivity contribution in [2.45, 2.75) is 20.8 Å². The number of nitriles is 1. The monoisotopic (exact) mass is 361 g/mol. The first-order valence-corrected chi connectivity index (χ1v) is 8.62. The summed E-state index contributed by atoms with van der Waals surface area (Å²) >= 11 is 0.190. The molecule has 0 unspecified atom stereocenters. The van der Waals surface area contributed by atoms with Crippen molar-refractivity contribution in [3.8, 4) is 6.07 Å². The van der Waals surface area contributed by atoms with E-state index < -0.39 is 0 Å². The molecule has 0 atom stereocenters. The summed E-state index contributed by atoms with van der Waals surface area (Å²) in [6.45, 7) is 6.19. The Kier molecular flexibility index (Phi) is 3.61. The maximum absolute atomic E-state index is 11.8. The van der Waals surface area contributed by atoms with Gasteiger partial charge in [0, 0.05) is 0 Å². The third-order valence-electron chi connectivity index (χ3n) is 2.59. The van der Waals surface area contributed by atoms with Crippen molar-refractivity contribution in [3.63, 3.8) is 0 Å². The number of hydrogen-bond donors (Lipinski definition) is 0. The zero-order chi connectivity index (χ0) is 12.6. The molecule has 2 heterocycles. The van der Waals surface area contributed by atoms with Gasteiger partial charge in [0.25, 0.3) is 0 Å². The molecule has 0 fully saturated rings. The van der Waals surface area contributed by atoms with E-state index in [0.29, 0.717) is 6.61 Å². The molecule has 0 aromatic carbocycles. The third-order valence-corrected chi connectivity index (χ3v) is 8.72. The van der Waals surface area contributed by atoms with Gasteiger partial charge < -0.3 is 0 Å². The van der Waals surface area contributed by atoms with Crippen LogP contribution in [0.3, 0.4) is 0 Å². The van der Waals surface area contributed by atoms with Crippen molar-refractivity contribution in [2.24, 2.45) is 0 Å². The van der Waals surface area contributed by atoms with Gasteiger partial charge >= 0.3 is 112 Å². The second-order valence-electron chi connectivity index (χ2n) is 3.61. The topological polar surface area (TPSA) is 50.1 Å². The molecule has 0 aliphatic heterocycles. The Morgan fingerprint density at radius 1 is 1.35 bits per heavy atom. The van der Waals surface area contributed by atoms with Crippen LogP contribution in [0, 0.1) is 25.2 Å². The molecule has 17 heavy (non-hydrogen) atoms. The van der Waals surface area contributed by atoms with Crippen molar-refractivity contribution < 1.29 is 9.53 Å². The van der Waals surface area contributed by atoms with Gasteiger partial charge in [0.2, 0.25) is 0 Å². The van der Waals surface area contributed by atoms with Gasteiger partial charge in [-0.2, -0.15) is 0 Å². The molecule has 0 aliphatic rings. The summed E-state index contributed by atoms with van der Waals surface area (Å²) in [5, 5.41) is 10.2. The average molecular weight is 359 g/mol. The predicted octanol–water partition coefficient (Wildman–Crippen LogP) is 1.62. The molecule has 0 saturated carbocycles. The summed E-state index contributed by atoms with van der Waals surface area (Å²) in [7, 11) is 0. The molecule has 5 heteroatoms. The Labute approximate surface area is 111 Å². The van der Waals surface area contributed by atoms with Crippen LogP contribution in [0.2, 0.25) is 0 Å². The van der Waals surface area contributed by atoms with Gasteiger partial charge in [-0.05, 0) is 0 Å². The molecular formula is C12H11NO2Se2. The number of ether oxygens (including phenoxy) is 1. The molecule has 0 amide bonds. The summed E-state index contributed by atoms with van der Waals surface area (Å²) in [6.07, 6.45) is 0. The zero-order valence-corrected chi connectivity index (χ0v) is 13.2. The van der Waals surface area contributed by atoms with Crippen LogP contribution in [0.4, 0.5) is 0 Å². The third kappa shape index (κ3) is 2.03. The van der Waals surface area contributed by atoms with E-state index in [-0.39, 0.29) is 35.0 Å². The average Bonchev–Trinajstić information content (AvgIpc) is 2.78.